The third-order valence-electron chi connectivity index (χ3n) is 6.52. The van der Waals surface area contributed by atoms with Crippen LogP contribution in [0.1, 0.15) is 36.8 Å². The van der Waals surface area contributed by atoms with Gasteiger partial charge in [-0.15, -0.1) is 0 Å². The van der Waals surface area contributed by atoms with E-state index < -0.39 is 0 Å². The lowest BCUT2D eigenvalue weighted by Crippen LogP contribution is -2.39. The molecule has 2 saturated heterocycles. The number of nitrogens with zero attached hydrogens (tertiary/aromatic N) is 4. The SMILES string of the molecule is C[N+]1(Cc2cccc(N=Nc3cccc(C[N+]4(C)CCCC4)c3)c2)CCCC1. The van der Waals surface area contributed by atoms with Gasteiger partial charge in [0.2, 0.25) is 0 Å². The Labute approximate surface area is 169 Å². The summed E-state index contributed by atoms with van der Waals surface area (Å²) < 4.78 is 2.30. The second-order valence-corrected chi connectivity index (χ2v) is 9.40. The fraction of sp³-hybridized carbons (Fsp3) is 0.500. The minimum Gasteiger partial charge on any atom is -0.322 e. The zero-order valence-electron chi connectivity index (χ0n) is 17.5. The van der Waals surface area contributed by atoms with Crippen LogP contribution in [0, 0.1) is 0 Å². The normalized spacial score (nSPS) is 20.8. The number of rotatable bonds is 6. The highest BCUT2D eigenvalue weighted by molar-refractivity contribution is 5.43. The van der Waals surface area contributed by atoms with Crippen molar-refractivity contribution in [3.63, 3.8) is 0 Å². The maximum Gasteiger partial charge on any atom is 0.104 e. The van der Waals surface area contributed by atoms with Crippen molar-refractivity contribution in [1.82, 2.24) is 0 Å². The first-order chi connectivity index (χ1) is 13.5. The molecule has 4 heteroatoms. The summed E-state index contributed by atoms with van der Waals surface area (Å²) in [6.07, 6.45) is 5.40. The van der Waals surface area contributed by atoms with E-state index in [0.29, 0.717) is 0 Å². The average Bonchev–Trinajstić information content (AvgIpc) is 3.29. The first kappa shape index (κ1) is 19.3. The van der Waals surface area contributed by atoms with E-state index in [0.717, 1.165) is 33.4 Å². The van der Waals surface area contributed by atoms with Crippen molar-refractivity contribution in [2.45, 2.75) is 38.8 Å². The van der Waals surface area contributed by atoms with Gasteiger partial charge in [-0.05, 0) is 24.3 Å². The van der Waals surface area contributed by atoms with Crippen LogP contribution in [0.2, 0.25) is 0 Å². The highest BCUT2D eigenvalue weighted by Crippen LogP contribution is 2.26. The van der Waals surface area contributed by atoms with Gasteiger partial charge < -0.3 is 8.97 Å². The second-order valence-electron chi connectivity index (χ2n) is 9.40. The molecular weight excluding hydrogens is 344 g/mol. The van der Waals surface area contributed by atoms with Crippen LogP contribution in [0.25, 0.3) is 0 Å². The van der Waals surface area contributed by atoms with Gasteiger partial charge in [0.15, 0.2) is 0 Å². The van der Waals surface area contributed by atoms with E-state index in [1.54, 1.807) is 0 Å². The van der Waals surface area contributed by atoms with Gasteiger partial charge >= 0.3 is 0 Å². The summed E-state index contributed by atoms with van der Waals surface area (Å²) in [5.41, 5.74) is 4.63. The fourth-order valence-electron chi connectivity index (χ4n) is 4.94. The maximum absolute atomic E-state index is 4.54. The van der Waals surface area contributed by atoms with Crippen LogP contribution in [-0.4, -0.2) is 49.2 Å². The average molecular weight is 379 g/mol. The standard InChI is InChI=1S/C24H34N4/c1-27(13-3-4-14-27)19-21-9-7-11-23(17-21)25-26-24-12-8-10-22(18-24)20-28(2)15-5-6-16-28/h7-12,17-18H,3-6,13-16,19-20H2,1-2H3/q+2. The number of hydrogen-bond acceptors (Lipinski definition) is 2. The van der Waals surface area contributed by atoms with Crippen molar-refractivity contribution in [1.29, 1.82) is 0 Å². The predicted octanol–water partition coefficient (Wildman–Crippen LogP) is 5.58. The summed E-state index contributed by atoms with van der Waals surface area (Å²) in [7, 11) is 4.74. The smallest absolute Gasteiger partial charge is 0.104 e. The van der Waals surface area contributed by atoms with Crippen LogP contribution in [0.15, 0.2) is 58.8 Å². The van der Waals surface area contributed by atoms with Gasteiger partial charge in [-0.3, -0.25) is 0 Å². The Morgan fingerprint density at radius 1 is 0.643 bits per heavy atom. The summed E-state index contributed by atoms with van der Waals surface area (Å²) in [6.45, 7) is 7.34. The van der Waals surface area contributed by atoms with Crippen LogP contribution in [0.4, 0.5) is 11.4 Å². The molecule has 0 amide bonds. The summed E-state index contributed by atoms with van der Waals surface area (Å²) in [6, 6.07) is 17.2. The molecule has 2 aliphatic rings. The number of likely N-dealkylation sites (tertiary alicyclic amines) is 2. The monoisotopic (exact) mass is 378 g/mol. The lowest BCUT2D eigenvalue weighted by atomic mass is 10.1. The largest absolute Gasteiger partial charge is 0.322 e. The molecule has 4 nitrogen and oxygen atoms in total. The molecular formula is C24H34N4+2. The summed E-state index contributed by atoms with van der Waals surface area (Å²) in [5, 5.41) is 9.08. The molecule has 4 rings (SSSR count). The van der Waals surface area contributed by atoms with Crippen molar-refractivity contribution in [3.8, 4) is 0 Å². The number of azo groups is 1. The van der Waals surface area contributed by atoms with Crippen LogP contribution in [-0.2, 0) is 13.1 Å². The molecule has 0 bridgehead atoms. The minimum absolute atomic E-state index is 0.951. The maximum atomic E-state index is 4.54. The van der Waals surface area contributed by atoms with Crippen molar-refractivity contribution < 1.29 is 8.97 Å². The fourth-order valence-corrected chi connectivity index (χ4v) is 4.94. The van der Waals surface area contributed by atoms with Crippen LogP contribution in [0.5, 0.6) is 0 Å². The van der Waals surface area contributed by atoms with Crippen molar-refractivity contribution in [2.24, 2.45) is 10.2 Å². The van der Waals surface area contributed by atoms with Crippen molar-refractivity contribution in [3.05, 3.63) is 59.7 Å². The van der Waals surface area contributed by atoms with Crippen molar-refractivity contribution >= 4 is 11.4 Å². The molecule has 28 heavy (non-hydrogen) atoms. The van der Waals surface area contributed by atoms with Gasteiger partial charge in [0, 0.05) is 36.8 Å². The Morgan fingerprint density at radius 2 is 1.04 bits per heavy atom. The molecule has 2 aromatic rings. The molecule has 0 aliphatic carbocycles. The molecule has 2 fully saturated rings. The second kappa shape index (κ2) is 8.14. The van der Waals surface area contributed by atoms with E-state index >= 15 is 0 Å². The Morgan fingerprint density at radius 3 is 1.43 bits per heavy atom. The van der Waals surface area contributed by atoms with Gasteiger partial charge in [-0.1, -0.05) is 24.3 Å². The molecule has 0 N–H and O–H groups in total. The predicted molar refractivity (Wildman–Crippen MR) is 115 cm³/mol. The molecule has 0 radical (unpaired) electrons. The van der Waals surface area contributed by atoms with E-state index in [-0.39, 0.29) is 0 Å². The number of benzene rings is 2. The topological polar surface area (TPSA) is 24.7 Å². The van der Waals surface area contributed by atoms with Crippen LogP contribution in [0.3, 0.4) is 0 Å². The molecule has 0 spiro atoms. The summed E-state index contributed by atoms with van der Waals surface area (Å²) in [4.78, 5) is 0. The van der Waals surface area contributed by atoms with E-state index in [1.165, 1.54) is 63.0 Å². The highest BCUT2D eigenvalue weighted by atomic mass is 15.3. The summed E-state index contributed by atoms with van der Waals surface area (Å²) >= 11 is 0. The zero-order valence-corrected chi connectivity index (χ0v) is 17.5. The first-order valence-electron chi connectivity index (χ1n) is 10.8. The highest BCUT2D eigenvalue weighted by Gasteiger charge is 2.27. The van der Waals surface area contributed by atoms with E-state index in [2.05, 4.69) is 72.9 Å². The van der Waals surface area contributed by atoms with Crippen molar-refractivity contribution in [2.75, 3.05) is 40.3 Å². The Kier molecular flexibility index (Phi) is 5.61. The zero-order chi connectivity index (χ0) is 19.5. The molecule has 0 unspecified atom stereocenters. The molecule has 0 aromatic heterocycles. The van der Waals surface area contributed by atoms with Crippen LogP contribution >= 0.6 is 0 Å². The quantitative estimate of drug-likeness (QED) is 0.463. The summed E-state index contributed by atoms with van der Waals surface area (Å²) in [5.74, 6) is 0. The number of quaternary nitrogens is 2. The van der Waals surface area contributed by atoms with E-state index in [4.69, 9.17) is 0 Å². The van der Waals surface area contributed by atoms with E-state index in [1.807, 2.05) is 0 Å². The number of hydrogen-bond donors (Lipinski definition) is 0. The lowest BCUT2D eigenvalue weighted by molar-refractivity contribution is -0.910. The molecule has 2 aromatic carbocycles. The Bertz CT molecular complexity index is 761. The molecule has 0 atom stereocenters. The van der Waals surface area contributed by atoms with Gasteiger partial charge in [0.05, 0.1) is 51.6 Å². The van der Waals surface area contributed by atoms with Gasteiger partial charge in [-0.2, -0.15) is 10.2 Å². The lowest BCUT2D eigenvalue weighted by Gasteiger charge is -2.29. The van der Waals surface area contributed by atoms with Crippen LogP contribution < -0.4 is 0 Å². The molecule has 2 heterocycles. The third-order valence-corrected chi connectivity index (χ3v) is 6.52. The van der Waals surface area contributed by atoms with E-state index in [9.17, 15) is 0 Å². The Balaban J connectivity index is 1.44. The molecule has 148 valence electrons. The molecule has 0 saturated carbocycles. The molecule has 2 aliphatic heterocycles. The Hall–Kier alpha value is -2.04. The van der Waals surface area contributed by atoms with Gasteiger partial charge in [-0.25, -0.2) is 0 Å². The first-order valence-corrected chi connectivity index (χ1v) is 10.8. The minimum atomic E-state index is 0.951. The van der Waals surface area contributed by atoms with Gasteiger partial charge in [0.1, 0.15) is 13.1 Å². The van der Waals surface area contributed by atoms with Gasteiger partial charge in [0.25, 0.3) is 0 Å². The third kappa shape index (κ3) is 4.86.